The molecule has 7 N–H and O–H groups in total. The molecule has 0 saturated carbocycles. The molecule has 2 atom stereocenters. The Morgan fingerprint density at radius 2 is 1.55 bits per heavy atom. The molecular formula is C35H52N6O8. The molecule has 0 unspecified atom stereocenters. The Kier molecular flexibility index (Phi) is 17.1. The summed E-state index contributed by atoms with van der Waals surface area (Å²) in [4.78, 5) is 87.6. The molecule has 0 bridgehead atoms. The average Bonchev–Trinajstić information content (AvgIpc) is 3.36. The van der Waals surface area contributed by atoms with E-state index < -0.39 is 29.3 Å². The smallest absolute Gasteiger partial charge is 0.312 e. The van der Waals surface area contributed by atoms with Crippen LogP contribution in [-0.2, 0) is 40.1 Å². The maximum Gasteiger partial charge on any atom is 0.312 e. The molecule has 1 aromatic carbocycles. The van der Waals surface area contributed by atoms with Crippen molar-refractivity contribution >= 4 is 47.1 Å². The molecule has 14 nitrogen and oxygen atoms in total. The molecule has 14 heteroatoms. The van der Waals surface area contributed by atoms with E-state index in [4.69, 9.17) is 16.2 Å². The number of unbranched alkanes of at least 4 members (excludes halogenated alkanes) is 3. The maximum absolute atomic E-state index is 13.6. The third-order valence-electron chi connectivity index (χ3n) is 7.91. The molecule has 1 aromatic rings. The highest BCUT2D eigenvalue weighted by Gasteiger charge is 2.28. The minimum Gasteiger partial charge on any atom is -0.460 e. The van der Waals surface area contributed by atoms with Crippen LogP contribution < -0.4 is 27.4 Å². The number of hydrogen-bond donors (Lipinski definition) is 5. The number of anilines is 1. The van der Waals surface area contributed by atoms with Gasteiger partial charge in [-0.1, -0.05) is 18.6 Å². The summed E-state index contributed by atoms with van der Waals surface area (Å²) in [5, 5.41) is 8.17. The molecule has 270 valence electrons. The summed E-state index contributed by atoms with van der Waals surface area (Å²) in [6.07, 6.45) is 6.47. The first-order valence-electron chi connectivity index (χ1n) is 16.9. The number of Topliss-reactive ketones (excluding diaryl/α,β-unsaturated/α-hetero) is 1. The molecule has 0 aromatic heterocycles. The molecule has 0 aliphatic carbocycles. The van der Waals surface area contributed by atoms with Gasteiger partial charge >= 0.3 is 12.0 Å². The summed E-state index contributed by atoms with van der Waals surface area (Å²) in [6, 6.07) is 5.32. The number of rotatable bonds is 22. The largest absolute Gasteiger partial charge is 0.460 e. The quantitative estimate of drug-likeness (QED) is 0.0688. The predicted octanol–water partition coefficient (Wildman–Crippen LogP) is 2.84. The second-order valence-electron chi connectivity index (χ2n) is 13.2. The molecule has 49 heavy (non-hydrogen) atoms. The van der Waals surface area contributed by atoms with E-state index in [1.807, 2.05) is 0 Å². The number of ketones is 1. The number of amides is 6. The SMILES string of the molecule is CC(C)(C)C(=O)OCc1ccc(NC(=O)[C@H](CCCNC(N)=O)CC(=O)[C@H](CCCCN)NC(=O)CCCCCN2C(=O)C=CC2=O)cc1. The van der Waals surface area contributed by atoms with Gasteiger partial charge in [-0.15, -0.1) is 0 Å². The van der Waals surface area contributed by atoms with Gasteiger partial charge in [0.15, 0.2) is 5.78 Å². The average molecular weight is 685 g/mol. The van der Waals surface area contributed by atoms with E-state index >= 15 is 0 Å². The van der Waals surface area contributed by atoms with Crippen LogP contribution in [0.2, 0.25) is 0 Å². The van der Waals surface area contributed by atoms with Crippen molar-refractivity contribution < 1.29 is 38.3 Å². The number of nitrogens with zero attached hydrogens (tertiary/aromatic N) is 1. The van der Waals surface area contributed by atoms with Crippen LogP contribution in [0.5, 0.6) is 0 Å². The van der Waals surface area contributed by atoms with Crippen molar-refractivity contribution in [1.29, 1.82) is 0 Å². The molecule has 1 aliphatic heterocycles. The monoisotopic (exact) mass is 684 g/mol. The molecule has 1 aliphatic rings. The van der Waals surface area contributed by atoms with E-state index in [9.17, 15) is 33.6 Å². The fraction of sp³-hybridized carbons (Fsp3) is 0.571. The summed E-state index contributed by atoms with van der Waals surface area (Å²) in [7, 11) is 0. The Bertz CT molecular complexity index is 1320. The van der Waals surface area contributed by atoms with Gasteiger partial charge in [0.2, 0.25) is 11.8 Å². The van der Waals surface area contributed by atoms with E-state index in [1.165, 1.54) is 12.2 Å². The fourth-order valence-electron chi connectivity index (χ4n) is 5.02. The van der Waals surface area contributed by atoms with E-state index in [-0.39, 0.29) is 68.4 Å². The molecule has 6 amide bonds. The van der Waals surface area contributed by atoms with Crippen molar-refractivity contribution in [2.24, 2.45) is 22.8 Å². The van der Waals surface area contributed by atoms with Crippen LogP contribution >= 0.6 is 0 Å². The fourth-order valence-corrected chi connectivity index (χ4v) is 5.02. The first-order valence-corrected chi connectivity index (χ1v) is 16.9. The number of benzene rings is 1. The number of esters is 1. The number of ether oxygens (including phenoxy) is 1. The Morgan fingerprint density at radius 1 is 0.878 bits per heavy atom. The van der Waals surface area contributed by atoms with Gasteiger partial charge in [0.05, 0.1) is 11.5 Å². The maximum atomic E-state index is 13.6. The van der Waals surface area contributed by atoms with Crippen LogP contribution in [-0.4, -0.2) is 72.0 Å². The molecular weight excluding hydrogens is 632 g/mol. The molecule has 0 fully saturated rings. The van der Waals surface area contributed by atoms with E-state index in [2.05, 4.69) is 16.0 Å². The predicted molar refractivity (Wildman–Crippen MR) is 183 cm³/mol. The van der Waals surface area contributed by atoms with Gasteiger partial charge in [0.1, 0.15) is 6.61 Å². The van der Waals surface area contributed by atoms with Crippen molar-refractivity contribution in [3.05, 3.63) is 42.0 Å². The number of carbonyl (C=O) groups excluding carboxylic acids is 7. The van der Waals surface area contributed by atoms with Gasteiger partial charge < -0.3 is 32.2 Å². The Balaban J connectivity index is 2.00. The zero-order valence-electron chi connectivity index (χ0n) is 28.9. The van der Waals surface area contributed by atoms with Crippen LogP contribution in [0.4, 0.5) is 10.5 Å². The minimum absolute atomic E-state index is 0.0872. The minimum atomic E-state index is -0.806. The van der Waals surface area contributed by atoms with Crippen molar-refractivity contribution in [2.75, 3.05) is 25.0 Å². The van der Waals surface area contributed by atoms with E-state index in [0.717, 1.165) is 10.5 Å². The number of carbonyl (C=O) groups is 7. The van der Waals surface area contributed by atoms with Gasteiger partial charge in [0.25, 0.3) is 11.8 Å². The highest BCUT2D eigenvalue weighted by atomic mass is 16.5. The molecule has 0 saturated heterocycles. The number of nitrogens with one attached hydrogen (secondary N) is 3. The van der Waals surface area contributed by atoms with Crippen molar-refractivity contribution in [2.45, 2.75) is 97.6 Å². The van der Waals surface area contributed by atoms with Crippen molar-refractivity contribution in [1.82, 2.24) is 15.5 Å². The van der Waals surface area contributed by atoms with Gasteiger partial charge in [-0.3, -0.25) is 33.7 Å². The number of urea groups is 1. The third-order valence-corrected chi connectivity index (χ3v) is 7.91. The Hall–Kier alpha value is -4.59. The highest BCUT2D eigenvalue weighted by Crippen LogP contribution is 2.20. The second-order valence-corrected chi connectivity index (χ2v) is 13.2. The van der Waals surface area contributed by atoms with Crippen LogP contribution in [0.25, 0.3) is 0 Å². The summed E-state index contributed by atoms with van der Waals surface area (Å²) in [5.74, 6) is -2.75. The summed E-state index contributed by atoms with van der Waals surface area (Å²) in [6.45, 7) is 6.33. The lowest BCUT2D eigenvalue weighted by Crippen LogP contribution is -2.42. The third kappa shape index (κ3) is 15.5. The Labute approximate surface area is 288 Å². The lowest BCUT2D eigenvalue weighted by Gasteiger charge is -2.22. The van der Waals surface area contributed by atoms with Gasteiger partial charge in [0, 0.05) is 49.7 Å². The van der Waals surface area contributed by atoms with E-state index in [1.54, 1.807) is 45.0 Å². The van der Waals surface area contributed by atoms with Gasteiger partial charge in [-0.2, -0.15) is 0 Å². The van der Waals surface area contributed by atoms with Crippen LogP contribution in [0.1, 0.15) is 90.5 Å². The topological polar surface area (TPSA) is 220 Å². The number of imide groups is 1. The lowest BCUT2D eigenvalue weighted by molar-refractivity contribution is -0.154. The van der Waals surface area contributed by atoms with Crippen molar-refractivity contribution in [3.8, 4) is 0 Å². The van der Waals surface area contributed by atoms with Crippen molar-refractivity contribution in [3.63, 3.8) is 0 Å². The van der Waals surface area contributed by atoms with Gasteiger partial charge in [-0.05, 0) is 90.0 Å². The molecule has 0 spiro atoms. The summed E-state index contributed by atoms with van der Waals surface area (Å²) in [5.41, 5.74) is 11.4. The summed E-state index contributed by atoms with van der Waals surface area (Å²) >= 11 is 0. The standard InChI is InChI=1S/C35H52N6O8/c1-35(2,3)33(47)49-23-24-13-15-26(16-14-24)39-32(46)25(10-9-20-38-34(37)48)22-28(42)27(11-6-7-19-36)40-29(43)12-5-4-8-21-41-30(44)17-18-31(41)45/h13-18,25,27H,4-12,19-23,36H2,1-3H3,(H,39,46)(H,40,43)(H3,37,38,48)/t25-,27+/m1/s1. The second kappa shape index (κ2) is 20.7. The summed E-state index contributed by atoms with van der Waals surface area (Å²) < 4.78 is 5.35. The van der Waals surface area contributed by atoms with E-state index in [0.29, 0.717) is 57.2 Å². The zero-order chi connectivity index (χ0) is 36.4. The zero-order valence-corrected chi connectivity index (χ0v) is 28.9. The first kappa shape index (κ1) is 40.6. The van der Waals surface area contributed by atoms with Crippen LogP contribution in [0.3, 0.4) is 0 Å². The molecule has 0 radical (unpaired) electrons. The molecule has 2 rings (SSSR count). The number of primary amides is 1. The lowest BCUT2D eigenvalue weighted by atomic mass is 9.91. The Morgan fingerprint density at radius 3 is 2.16 bits per heavy atom. The van der Waals surface area contributed by atoms with Crippen LogP contribution in [0.15, 0.2) is 36.4 Å². The normalized spacial score (nSPS) is 13.9. The van der Waals surface area contributed by atoms with Crippen LogP contribution in [0, 0.1) is 11.3 Å². The first-order chi connectivity index (χ1) is 23.2. The van der Waals surface area contributed by atoms with Gasteiger partial charge in [-0.25, -0.2) is 4.79 Å². The number of hydrogen-bond acceptors (Lipinski definition) is 9. The highest BCUT2D eigenvalue weighted by molar-refractivity contribution is 6.12. The molecule has 1 heterocycles. The number of nitrogens with two attached hydrogens (primary N) is 2.